The molecule has 1 saturated heterocycles. The standard InChI is InChI=1S/C28H35N7O4/c1-5-6-7-9-19-11-12-22-27(31-28(32-35(19)22)34-13-8-10-20(34)17-36)30-25-16-33(18-29-25)21-14-23(37-2)26(39-4)24(15-21)38-3/h7,9,11-12,14-16,18,20,36H,5-6,8,10,13,17H2,1-4H3,(H,30,31,32)/b9-7+/t20-/m0/s1. The van der Waals surface area contributed by atoms with Crippen molar-refractivity contribution < 1.29 is 19.3 Å². The number of allylic oxidation sites excluding steroid dienone is 1. The molecule has 1 fully saturated rings. The van der Waals surface area contributed by atoms with Gasteiger partial charge in [0.05, 0.1) is 51.6 Å². The first-order chi connectivity index (χ1) is 19.1. The Morgan fingerprint density at radius 2 is 1.92 bits per heavy atom. The molecule has 0 radical (unpaired) electrons. The number of rotatable bonds is 11. The number of imidazole rings is 1. The number of nitrogens with zero attached hydrogens (tertiary/aromatic N) is 6. The van der Waals surface area contributed by atoms with Crippen LogP contribution in [-0.2, 0) is 0 Å². The van der Waals surface area contributed by atoms with Gasteiger partial charge in [-0.1, -0.05) is 19.4 Å². The van der Waals surface area contributed by atoms with Crippen molar-refractivity contribution in [3.63, 3.8) is 0 Å². The molecule has 0 spiro atoms. The van der Waals surface area contributed by atoms with Crippen molar-refractivity contribution in [1.82, 2.24) is 24.1 Å². The summed E-state index contributed by atoms with van der Waals surface area (Å²) in [5.41, 5.74) is 2.59. The predicted molar refractivity (Wildman–Crippen MR) is 151 cm³/mol. The first-order valence-electron chi connectivity index (χ1n) is 13.1. The molecular weight excluding hydrogens is 498 g/mol. The molecule has 11 heteroatoms. The Morgan fingerprint density at radius 1 is 1.13 bits per heavy atom. The number of anilines is 3. The number of hydrogen-bond acceptors (Lipinski definition) is 9. The molecule has 0 bridgehead atoms. The van der Waals surface area contributed by atoms with Crippen LogP contribution < -0.4 is 24.4 Å². The van der Waals surface area contributed by atoms with Crippen molar-refractivity contribution in [2.75, 3.05) is 44.7 Å². The average Bonchev–Trinajstić information content (AvgIpc) is 3.72. The van der Waals surface area contributed by atoms with Gasteiger partial charge < -0.3 is 34.1 Å². The molecule has 1 aliphatic heterocycles. The number of hydrogen-bond donors (Lipinski definition) is 2. The molecule has 4 aromatic rings. The summed E-state index contributed by atoms with van der Waals surface area (Å²) in [4.78, 5) is 11.5. The molecule has 3 aromatic heterocycles. The number of aliphatic hydroxyl groups excluding tert-OH is 1. The maximum absolute atomic E-state index is 9.92. The Morgan fingerprint density at radius 3 is 2.62 bits per heavy atom. The summed E-state index contributed by atoms with van der Waals surface area (Å²) in [6.45, 7) is 3.02. The summed E-state index contributed by atoms with van der Waals surface area (Å²) in [6, 6.07) is 7.76. The lowest BCUT2D eigenvalue weighted by molar-refractivity contribution is 0.265. The smallest absolute Gasteiger partial charge is 0.245 e. The number of aromatic nitrogens is 5. The van der Waals surface area contributed by atoms with Crippen LogP contribution in [0, 0.1) is 0 Å². The van der Waals surface area contributed by atoms with Crippen LogP contribution in [-0.4, -0.2) is 69.8 Å². The lowest BCUT2D eigenvalue weighted by atomic mass is 10.2. The molecule has 5 rings (SSSR count). The van der Waals surface area contributed by atoms with Crippen LogP contribution in [0.2, 0.25) is 0 Å². The highest BCUT2D eigenvalue weighted by Crippen LogP contribution is 2.39. The summed E-state index contributed by atoms with van der Waals surface area (Å²) in [5.74, 6) is 3.45. The van der Waals surface area contributed by atoms with Crippen molar-refractivity contribution in [1.29, 1.82) is 0 Å². The van der Waals surface area contributed by atoms with E-state index in [1.807, 2.05) is 39.5 Å². The van der Waals surface area contributed by atoms with Crippen LogP contribution in [0.25, 0.3) is 17.3 Å². The van der Waals surface area contributed by atoms with Gasteiger partial charge in [-0.05, 0) is 37.5 Å². The van der Waals surface area contributed by atoms with Gasteiger partial charge in [0.25, 0.3) is 0 Å². The van der Waals surface area contributed by atoms with Gasteiger partial charge in [0, 0.05) is 18.7 Å². The van der Waals surface area contributed by atoms with Crippen LogP contribution in [0.1, 0.15) is 38.3 Å². The molecule has 4 heterocycles. The first kappa shape index (κ1) is 26.4. The molecule has 39 heavy (non-hydrogen) atoms. The number of fused-ring (bicyclic) bond motifs is 1. The Balaban J connectivity index is 1.52. The number of ether oxygens (including phenoxy) is 3. The summed E-state index contributed by atoms with van der Waals surface area (Å²) in [6.07, 6.45) is 11.8. The Labute approximate surface area is 227 Å². The summed E-state index contributed by atoms with van der Waals surface area (Å²) >= 11 is 0. The molecule has 1 aromatic carbocycles. The quantitative estimate of drug-likeness (QED) is 0.289. The molecule has 206 valence electrons. The van der Waals surface area contributed by atoms with Gasteiger partial charge in [-0.15, -0.1) is 5.10 Å². The van der Waals surface area contributed by atoms with Crippen LogP contribution in [0.4, 0.5) is 17.6 Å². The van der Waals surface area contributed by atoms with E-state index >= 15 is 0 Å². The molecule has 0 aliphatic carbocycles. The SMILES string of the molecule is CCC/C=C/c1ccc2c(Nc3cn(-c4cc(OC)c(OC)c(OC)c4)cn3)nc(N3CCC[C@H]3CO)nn12. The van der Waals surface area contributed by atoms with Gasteiger partial charge >= 0.3 is 0 Å². The third-order valence-electron chi connectivity index (χ3n) is 6.89. The van der Waals surface area contributed by atoms with Gasteiger partial charge in [0.15, 0.2) is 17.3 Å². The van der Waals surface area contributed by atoms with E-state index in [2.05, 4.69) is 34.3 Å². The second-order valence-corrected chi connectivity index (χ2v) is 9.35. The van der Waals surface area contributed by atoms with E-state index in [4.69, 9.17) is 24.3 Å². The maximum Gasteiger partial charge on any atom is 0.245 e. The molecule has 0 amide bonds. The van der Waals surface area contributed by atoms with E-state index in [1.54, 1.807) is 27.7 Å². The van der Waals surface area contributed by atoms with Crippen molar-refractivity contribution in [2.24, 2.45) is 0 Å². The average molecular weight is 534 g/mol. The highest BCUT2D eigenvalue weighted by molar-refractivity contribution is 5.75. The summed E-state index contributed by atoms with van der Waals surface area (Å²) < 4.78 is 20.2. The van der Waals surface area contributed by atoms with E-state index in [-0.39, 0.29) is 12.6 Å². The van der Waals surface area contributed by atoms with Crippen LogP contribution in [0.15, 0.2) is 42.9 Å². The van der Waals surface area contributed by atoms with Crippen LogP contribution in [0.5, 0.6) is 17.2 Å². The van der Waals surface area contributed by atoms with Gasteiger partial charge in [-0.3, -0.25) is 0 Å². The third kappa shape index (κ3) is 5.22. The van der Waals surface area contributed by atoms with E-state index in [0.717, 1.165) is 49.1 Å². The number of nitrogens with one attached hydrogen (secondary N) is 1. The van der Waals surface area contributed by atoms with E-state index in [0.29, 0.717) is 34.8 Å². The monoisotopic (exact) mass is 533 g/mol. The number of benzene rings is 1. The number of unbranched alkanes of at least 4 members (excludes halogenated alkanes) is 1. The molecule has 1 atom stereocenters. The molecule has 0 unspecified atom stereocenters. The van der Waals surface area contributed by atoms with E-state index < -0.39 is 0 Å². The summed E-state index contributed by atoms with van der Waals surface area (Å²) in [7, 11) is 4.75. The Bertz CT molecular complexity index is 1440. The second kappa shape index (κ2) is 11.6. The maximum atomic E-state index is 9.92. The van der Waals surface area contributed by atoms with Crippen molar-refractivity contribution in [2.45, 2.75) is 38.6 Å². The highest BCUT2D eigenvalue weighted by atomic mass is 16.5. The zero-order chi connectivity index (χ0) is 27.4. The van der Waals surface area contributed by atoms with Crippen LogP contribution >= 0.6 is 0 Å². The van der Waals surface area contributed by atoms with E-state index in [9.17, 15) is 5.11 Å². The predicted octanol–water partition coefficient (Wildman–Crippen LogP) is 4.46. The van der Waals surface area contributed by atoms with Gasteiger partial charge in [-0.25, -0.2) is 9.50 Å². The van der Waals surface area contributed by atoms with Gasteiger partial charge in [0.1, 0.15) is 17.7 Å². The van der Waals surface area contributed by atoms with Crippen molar-refractivity contribution in [3.05, 3.63) is 48.6 Å². The highest BCUT2D eigenvalue weighted by Gasteiger charge is 2.27. The van der Waals surface area contributed by atoms with Gasteiger partial charge in [0.2, 0.25) is 11.7 Å². The largest absolute Gasteiger partial charge is 0.493 e. The van der Waals surface area contributed by atoms with Crippen molar-refractivity contribution in [3.8, 4) is 22.9 Å². The topological polar surface area (TPSA) is 111 Å². The first-order valence-corrected chi connectivity index (χ1v) is 13.1. The normalized spacial score (nSPS) is 15.4. The lowest BCUT2D eigenvalue weighted by Gasteiger charge is -2.23. The van der Waals surface area contributed by atoms with Crippen molar-refractivity contribution >= 4 is 29.2 Å². The fourth-order valence-electron chi connectivity index (χ4n) is 4.87. The fourth-order valence-corrected chi connectivity index (χ4v) is 4.87. The van der Waals surface area contributed by atoms with Crippen LogP contribution in [0.3, 0.4) is 0 Å². The second-order valence-electron chi connectivity index (χ2n) is 9.35. The number of aliphatic hydroxyl groups is 1. The lowest BCUT2D eigenvalue weighted by Crippen LogP contribution is -2.34. The molecule has 11 nitrogen and oxygen atoms in total. The minimum absolute atomic E-state index is 0.00388. The van der Waals surface area contributed by atoms with Gasteiger partial charge in [-0.2, -0.15) is 4.98 Å². The minimum atomic E-state index is 0.00388. The molecule has 1 aliphatic rings. The zero-order valence-corrected chi connectivity index (χ0v) is 22.8. The molecule has 0 saturated carbocycles. The minimum Gasteiger partial charge on any atom is -0.493 e. The summed E-state index contributed by atoms with van der Waals surface area (Å²) in [5, 5.41) is 18.2. The third-order valence-corrected chi connectivity index (χ3v) is 6.89. The molecule has 2 N–H and O–H groups in total. The number of methoxy groups -OCH3 is 3. The Kier molecular flexibility index (Phi) is 7.87. The zero-order valence-electron chi connectivity index (χ0n) is 22.8. The molecular formula is C28H35N7O4. The Hall–Kier alpha value is -4.25. The van der Waals surface area contributed by atoms with E-state index in [1.165, 1.54) is 0 Å². The fraction of sp³-hybridized carbons (Fsp3) is 0.393.